The van der Waals surface area contributed by atoms with E-state index in [0.29, 0.717) is 0 Å². The lowest BCUT2D eigenvalue weighted by Gasteiger charge is -2.27. The summed E-state index contributed by atoms with van der Waals surface area (Å²) in [5, 5.41) is 4.24. The van der Waals surface area contributed by atoms with Gasteiger partial charge in [-0.15, -0.1) is 0 Å². The molecule has 1 fully saturated rings. The molecule has 1 heterocycles. The van der Waals surface area contributed by atoms with E-state index in [4.69, 9.17) is 11.6 Å². The first-order valence-electron chi connectivity index (χ1n) is 5.44. The van der Waals surface area contributed by atoms with Gasteiger partial charge in [-0.1, -0.05) is 23.7 Å². The van der Waals surface area contributed by atoms with Gasteiger partial charge in [-0.3, -0.25) is 4.90 Å². The van der Waals surface area contributed by atoms with Gasteiger partial charge in [0.2, 0.25) is 0 Å². The van der Waals surface area contributed by atoms with Crippen LogP contribution in [0, 0.1) is 6.92 Å². The molecule has 1 aromatic carbocycles. The highest BCUT2D eigenvalue weighted by atomic mass is 35.5. The zero-order chi connectivity index (χ0) is 10.7. The minimum Gasteiger partial charge on any atom is -0.314 e. The summed E-state index contributed by atoms with van der Waals surface area (Å²) in [5.74, 6) is 0. The first-order chi connectivity index (χ1) is 7.27. The van der Waals surface area contributed by atoms with Gasteiger partial charge in [0.1, 0.15) is 0 Å². The molecule has 0 radical (unpaired) electrons. The molecule has 0 saturated carbocycles. The topological polar surface area (TPSA) is 15.3 Å². The van der Waals surface area contributed by atoms with E-state index >= 15 is 0 Å². The van der Waals surface area contributed by atoms with Gasteiger partial charge in [0.05, 0.1) is 0 Å². The molecule has 1 aromatic rings. The van der Waals surface area contributed by atoms with Gasteiger partial charge >= 0.3 is 0 Å². The molecule has 2 rings (SSSR count). The van der Waals surface area contributed by atoms with E-state index in [2.05, 4.69) is 23.2 Å². The molecule has 1 N–H and O–H groups in total. The third-order valence-electron chi connectivity index (χ3n) is 2.98. The highest BCUT2D eigenvalue weighted by molar-refractivity contribution is 6.31. The van der Waals surface area contributed by atoms with Crippen LogP contribution in [0.1, 0.15) is 11.1 Å². The lowest BCUT2D eigenvalue weighted by atomic mass is 10.1. The zero-order valence-electron chi connectivity index (χ0n) is 9.09. The summed E-state index contributed by atoms with van der Waals surface area (Å²) in [5.41, 5.74) is 2.57. The van der Waals surface area contributed by atoms with Gasteiger partial charge in [0.15, 0.2) is 0 Å². The molecule has 0 aliphatic carbocycles. The highest BCUT2D eigenvalue weighted by Gasteiger charge is 2.11. The van der Waals surface area contributed by atoms with E-state index in [-0.39, 0.29) is 0 Å². The third kappa shape index (κ3) is 2.71. The van der Waals surface area contributed by atoms with Crippen molar-refractivity contribution in [2.45, 2.75) is 13.5 Å². The summed E-state index contributed by atoms with van der Waals surface area (Å²) in [6, 6.07) is 6.16. The molecule has 15 heavy (non-hydrogen) atoms. The number of benzene rings is 1. The smallest absolute Gasteiger partial charge is 0.0438 e. The molecule has 1 saturated heterocycles. The molecule has 0 spiro atoms. The largest absolute Gasteiger partial charge is 0.314 e. The molecular weight excluding hydrogens is 208 g/mol. The Bertz CT molecular complexity index is 332. The fourth-order valence-corrected chi connectivity index (χ4v) is 2.13. The molecule has 0 bridgehead atoms. The second-order valence-electron chi connectivity index (χ2n) is 4.05. The molecule has 0 unspecified atom stereocenters. The van der Waals surface area contributed by atoms with Crippen molar-refractivity contribution in [2.75, 3.05) is 26.2 Å². The Labute approximate surface area is 96.2 Å². The van der Waals surface area contributed by atoms with Crippen LogP contribution in [0.3, 0.4) is 0 Å². The van der Waals surface area contributed by atoms with Crippen molar-refractivity contribution in [1.29, 1.82) is 0 Å². The lowest BCUT2D eigenvalue weighted by molar-refractivity contribution is 0.233. The molecule has 1 aliphatic heterocycles. The first-order valence-corrected chi connectivity index (χ1v) is 5.82. The number of hydrogen-bond acceptors (Lipinski definition) is 2. The second-order valence-corrected chi connectivity index (χ2v) is 4.46. The van der Waals surface area contributed by atoms with Crippen LogP contribution >= 0.6 is 11.6 Å². The standard InChI is InChI=1S/C12H17ClN2/c1-10-11(3-2-4-12(10)13)9-15-7-5-14-6-8-15/h2-4,14H,5-9H2,1H3. The van der Waals surface area contributed by atoms with Gasteiger partial charge in [0.25, 0.3) is 0 Å². The quantitative estimate of drug-likeness (QED) is 0.828. The fourth-order valence-electron chi connectivity index (χ4n) is 1.93. The number of nitrogens with one attached hydrogen (secondary N) is 1. The van der Waals surface area contributed by atoms with Crippen molar-refractivity contribution in [3.05, 3.63) is 34.3 Å². The monoisotopic (exact) mass is 224 g/mol. The Morgan fingerprint density at radius 3 is 2.80 bits per heavy atom. The molecule has 0 aromatic heterocycles. The summed E-state index contributed by atoms with van der Waals surface area (Å²) in [6.07, 6.45) is 0. The highest BCUT2D eigenvalue weighted by Crippen LogP contribution is 2.20. The number of rotatable bonds is 2. The van der Waals surface area contributed by atoms with Crippen molar-refractivity contribution >= 4 is 11.6 Å². The summed E-state index contributed by atoms with van der Waals surface area (Å²) in [7, 11) is 0. The summed E-state index contributed by atoms with van der Waals surface area (Å²) >= 11 is 6.10. The molecule has 0 amide bonds. The SMILES string of the molecule is Cc1c(Cl)cccc1CN1CCNCC1. The normalized spacial score (nSPS) is 18.0. The van der Waals surface area contributed by atoms with E-state index in [1.807, 2.05) is 12.1 Å². The van der Waals surface area contributed by atoms with Crippen LogP contribution in [0.2, 0.25) is 5.02 Å². The molecule has 1 aliphatic rings. The molecular formula is C12H17ClN2. The van der Waals surface area contributed by atoms with Crippen LogP contribution in [0.15, 0.2) is 18.2 Å². The summed E-state index contributed by atoms with van der Waals surface area (Å²) in [4.78, 5) is 2.47. The van der Waals surface area contributed by atoms with Crippen molar-refractivity contribution < 1.29 is 0 Å². The summed E-state index contributed by atoms with van der Waals surface area (Å²) in [6.45, 7) is 7.57. The minimum absolute atomic E-state index is 0.877. The van der Waals surface area contributed by atoms with Crippen molar-refractivity contribution in [3.63, 3.8) is 0 Å². The minimum atomic E-state index is 0.877. The van der Waals surface area contributed by atoms with Crippen LogP contribution in [0.25, 0.3) is 0 Å². The second kappa shape index (κ2) is 4.97. The van der Waals surface area contributed by atoms with E-state index in [9.17, 15) is 0 Å². The fraction of sp³-hybridized carbons (Fsp3) is 0.500. The van der Waals surface area contributed by atoms with Crippen LogP contribution in [0.5, 0.6) is 0 Å². The van der Waals surface area contributed by atoms with Crippen molar-refractivity contribution in [3.8, 4) is 0 Å². The van der Waals surface area contributed by atoms with Gasteiger partial charge in [-0.2, -0.15) is 0 Å². The van der Waals surface area contributed by atoms with Crippen LogP contribution in [-0.2, 0) is 6.54 Å². The Balaban J connectivity index is 2.06. The van der Waals surface area contributed by atoms with Gasteiger partial charge in [-0.25, -0.2) is 0 Å². The van der Waals surface area contributed by atoms with E-state index in [1.54, 1.807) is 0 Å². The van der Waals surface area contributed by atoms with Gasteiger partial charge in [0, 0.05) is 37.7 Å². The summed E-state index contributed by atoms with van der Waals surface area (Å²) < 4.78 is 0. The van der Waals surface area contributed by atoms with Crippen molar-refractivity contribution in [1.82, 2.24) is 10.2 Å². The maximum absolute atomic E-state index is 6.10. The number of halogens is 1. The Kier molecular flexibility index (Phi) is 3.62. The van der Waals surface area contributed by atoms with Gasteiger partial charge < -0.3 is 5.32 Å². The first kappa shape index (κ1) is 10.9. The average Bonchev–Trinajstić information content (AvgIpc) is 2.26. The van der Waals surface area contributed by atoms with Crippen LogP contribution in [-0.4, -0.2) is 31.1 Å². The molecule has 2 nitrogen and oxygen atoms in total. The number of piperazine rings is 1. The van der Waals surface area contributed by atoms with Crippen molar-refractivity contribution in [2.24, 2.45) is 0 Å². The number of nitrogens with zero attached hydrogens (tertiary/aromatic N) is 1. The predicted molar refractivity (Wildman–Crippen MR) is 64.3 cm³/mol. The maximum atomic E-state index is 6.10. The Morgan fingerprint density at radius 2 is 2.07 bits per heavy atom. The van der Waals surface area contributed by atoms with Gasteiger partial charge in [-0.05, 0) is 24.1 Å². The zero-order valence-corrected chi connectivity index (χ0v) is 9.85. The molecule has 3 heteroatoms. The van der Waals surface area contributed by atoms with E-state index in [1.165, 1.54) is 11.1 Å². The third-order valence-corrected chi connectivity index (χ3v) is 3.39. The predicted octanol–water partition coefficient (Wildman–Crippen LogP) is 2.05. The van der Waals surface area contributed by atoms with E-state index in [0.717, 1.165) is 37.7 Å². The molecule has 0 atom stereocenters. The Morgan fingerprint density at radius 1 is 1.33 bits per heavy atom. The number of hydrogen-bond donors (Lipinski definition) is 1. The van der Waals surface area contributed by atoms with Crippen LogP contribution in [0.4, 0.5) is 0 Å². The van der Waals surface area contributed by atoms with Crippen LogP contribution < -0.4 is 5.32 Å². The van der Waals surface area contributed by atoms with E-state index < -0.39 is 0 Å². The maximum Gasteiger partial charge on any atom is 0.0438 e. The molecule has 82 valence electrons. The lowest BCUT2D eigenvalue weighted by Crippen LogP contribution is -2.42. The Hall–Kier alpha value is -0.570. The average molecular weight is 225 g/mol.